The lowest BCUT2D eigenvalue weighted by molar-refractivity contribution is -0.133. The molecule has 1 amide bonds. The van der Waals surface area contributed by atoms with Crippen LogP contribution in [0.2, 0.25) is 0 Å². The maximum atomic E-state index is 12.3. The highest BCUT2D eigenvalue weighted by atomic mass is 32.2. The lowest BCUT2D eigenvalue weighted by Gasteiger charge is -2.35. The first-order chi connectivity index (χ1) is 8.25. The van der Waals surface area contributed by atoms with Gasteiger partial charge in [-0.05, 0) is 5.92 Å². The smallest absolute Gasteiger partial charge is 0.241 e. The van der Waals surface area contributed by atoms with E-state index in [9.17, 15) is 13.2 Å². The van der Waals surface area contributed by atoms with Crippen LogP contribution in [0.3, 0.4) is 0 Å². The van der Waals surface area contributed by atoms with Crippen LogP contribution in [-0.4, -0.2) is 69.1 Å². The van der Waals surface area contributed by atoms with E-state index in [4.69, 9.17) is 0 Å². The lowest BCUT2D eigenvalue weighted by atomic mass is 10.2. The summed E-state index contributed by atoms with van der Waals surface area (Å²) in [5, 5.41) is 3.07. The molecule has 1 heterocycles. The van der Waals surface area contributed by atoms with E-state index in [0.717, 1.165) is 0 Å². The molecular formula is C11H23N3O3S. The van der Waals surface area contributed by atoms with Gasteiger partial charge in [0.2, 0.25) is 15.9 Å². The molecule has 1 saturated heterocycles. The van der Waals surface area contributed by atoms with Gasteiger partial charge < -0.3 is 10.2 Å². The third-order valence-electron chi connectivity index (χ3n) is 2.82. The fraction of sp³-hybridized carbons (Fsp3) is 0.909. The van der Waals surface area contributed by atoms with Gasteiger partial charge in [-0.25, -0.2) is 8.42 Å². The van der Waals surface area contributed by atoms with Gasteiger partial charge in [0.1, 0.15) is 6.04 Å². The van der Waals surface area contributed by atoms with Crippen molar-refractivity contribution in [3.8, 4) is 0 Å². The molecule has 0 bridgehead atoms. The maximum Gasteiger partial charge on any atom is 0.241 e. The molecule has 106 valence electrons. The highest BCUT2D eigenvalue weighted by Crippen LogP contribution is 2.14. The van der Waals surface area contributed by atoms with Crippen LogP contribution in [0.1, 0.15) is 13.8 Å². The predicted octanol–water partition coefficient (Wildman–Crippen LogP) is -0.666. The Morgan fingerprint density at radius 2 is 2.06 bits per heavy atom. The molecule has 0 aromatic heterocycles. The first-order valence-corrected chi connectivity index (χ1v) is 7.78. The number of nitrogens with one attached hydrogen (secondary N) is 1. The lowest BCUT2D eigenvalue weighted by Crippen LogP contribution is -2.59. The molecule has 1 rings (SSSR count). The molecule has 1 N–H and O–H groups in total. The summed E-state index contributed by atoms with van der Waals surface area (Å²) in [6.07, 6.45) is 0. The van der Waals surface area contributed by atoms with Crippen molar-refractivity contribution in [2.24, 2.45) is 5.92 Å². The number of carbonyl (C=O) groups excluding carboxylic acids is 1. The van der Waals surface area contributed by atoms with Crippen LogP contribution in [0, 0.1) is 5.92 Å². The van der Waals surface area contributed by atoms with E-state index in [2.05, 4.69) is 5.32 Å². The van der Waals surface area contributed by atoms with Gasteiger partial charge in [0, 0.05) is 33.7 Å². The fourth-order valence-electron chi connectivity index (χ4n) is 2.04. The van der Waals surface area contributed by atoms with Crippen molar-refractivity contribution in [1.29, 1.82) is 0 Å². The zero-order chi connectivity index (χ0) is 13.9. The van der Waals surface area contributed by atoms with Crippen LogP contribution < -0.4 is 5.32 Å². The Morgan fingerprint density at radius 3 is 2.56 bits per heavy atom. The van der Waals surface area contributed by atoms with Gasteiger partial charge >= 0.3 is 0 Å². The van der Waals surface area contributed by atoms with Crippen LogP contribution >= 0.6 is 0 Å². The van der Waals surface area contributed by atoms with E-state index in [-0.39, 0.29) is 17.6 Å². The van der Waals surface area contributed by atoms with Crippen molar-refractivity contribution in [3.05, 3.63) is 0 Å². The molecule has 7 heteroatoms. The van der Waals surface area contributed by atoms with Crippen molar-refractivity contribution in [2.75, 3.05) is 39.5 Å². The minimum absolute atomic E-state index is 0.0555. The Morgan fingerprint density at radius 1 is 1.44 bits per heavy atom. The van der Waals surface area contributed by atoms with E-state index in [1.807, 2.05) is 13.8 Å². The monoisotopic (exact) mass is 277 g/mol. The SMILES string of the molecule is CC(C)CS(=O)(=O)N1CCNCC1C(=O)N(C)C. The zero-order valence-corrected chi connectivity index (χ0v) is 12.3. The third kappa shape index (κ3) is 3.66. The Balaban J connectivity index is 2.92. The number of hydrogen-bond acceptors (Lipinski definition) is 4. The summed E-state index contributed by atoms with van der Waals surface area (Å²) in [4.78, 5) is 13.5. The second-order valence-corrected chi connectivity index (χ2v) is 7.20. The number of amides is 1. The standard InChI is InChI=1S/C11H23N3O3S/c1-9(2)8-18(16,17)14-6-5-12-7-10(14)11(15)13(3)4/h9-10,12H,5-8H2,1-4H3. The Bertz CT molecular complexity index is 392. The Labute approximate surface area is 109 Å². The molecule has 0 spiro atoms. The first kappa shape index (κ1) is 15.4. The molecule has 1 fully saturated rings. The second kappa shape index (κ2) is 5.99. The average Bonchev–Trinajstić information content (AvgIpc) is 2.26. The molecule has 1 aliphatic heterocycles. The van der Waals surface area contributed by atoms with Gasteiger partial charge in [0.25, 0.3) is 0 Å². The summed E-state index contributed by atoms with van der Waals surface area (Å²) < 4.78 is 25.9. The number of nitrogens with zero attached hydrogens (tertiary/aromatic N) is 2. The molecule has 6 nitrogen and oxygen atoms in total. The summed E-state index contributed by atoms with van der Waals surface area (Å²) in [5.41, 5.74) is 0. The van der Waals surface area contributed by atoms with E-state index < -0.39 is 16.1 Å². The van der Waals surface area contributed by atoms with Crippen LogP contribution in [-0.2, 0) is 14.8 Å². The van der Waals surface area contributed by atoms with Gasteiger partial charge in [-0.15, -0.1) is 0 Å². The molecular weight excluding hydrogens is 254 g/mol. The maximum absolute atomic E-state index is 12.3. The summed E-state index contributed by atoms with van der Waals surface area (Å²) in [6, 6.07) is -0.613. The van der Waals surface area contributed by atoms with Crippen molar-refractivity contribution in [1.82, 2.24) is 14.5 Å². The molecule has 1 atom stereocenters. The quantitative estimate of drug-likeness (QED) is 0.740. The van der Waals surface area contributed by atoms with Gasteiger partial charge in [-0.2, -0.15) is 4.31 Å². The highest BCUT2D eigenvalue weighted by molar-refractivity contribution is 7.89. The van der Waals surface area contributed by atoms with Gasteiger partial charge in [0.15, 0.2) is 0 Å². The zero-order valence-electron chi connectivity index (χ0n) is 11.5. The number of sulfonamides is 1. The van der Waals surface area contributed by atoms with Crippen molar-refractivity contribution < 1.29 is 13.2 Å². The van der Waals surface area contributed by atoms with E-state index in [0.29, 0.717) is 19.6 Å². The Hall–Kier alpha value is -0.660. The summed E-state index contributed by atoms with van der Waals surface area (Å²) in [7, 11) is -0.0784. The second-order valence-electron chi connectivity index (χ2n) is 5.24. The van der Waals surface area contributed by atoms with Crippen LogP contribution in [0.4, 0.5) is 0 Å². The molecule has 0 saturated carbocycles. The topological polar surface area (TPSA) is 69.7 Å². The van der Waals surface area contributed by atoms with Gasteiger partial charge in [-0.3, -0.25) is 4.79 Å². The normalized spacial score (nSPS) is 22.2. The number of carbonyl (C=O) groups is 1. The van der Waals surface area contributed by atoms with Crippen molar-refractivity contribution >= 4 is 15.9 Å². The molecule has 0 radical (unpaired) electrons. The summed E-state index contributed by atoms with van der Waals surface area (Å²) in [6.45, 7) is 5.06. The van der Waals surface area contributed by atoms with E-state index in [1.54, 1.807) is 14.1 Å². The third-order valence-corrected chi connectivity index (χ3v) is 5.06. The van der Waals surface area contributed by atoms with Gasteiger partial charge in [0.05, 0.1) is 5.75 Å². The molecule has 18 heavy (non-hydrogen) atoms. The predicted molar refractivity (Wildman–Crippen MR) is 70.7 cm³/mol. The largest absolute Gasteiger partial charge is 0.347 e. The highest BCUT2D eigenvalue weighted by Gasteiger charge is 2.37. The number of likely N-dealkylation sites (N-methyl/N-ethyl adjacent to an activating group) is 1. The minimum Gasteiger partial charge on any atom is -0.347 e. The van der Waals surface area contributed by atoms with Crippen molar-refractivity contribution in [3.63, 3.8) is 0 Å². The minimum atomic E-state index is -3.36. The number of rotatable bonds is 4. The van der Waals surface area contributed by atoms with Crippen molar-refractivity contribution in [2.45, 2.75) is 19.9 Å². The Kier molecular flexibility index (Phi) is 5.12. The first-order valence-electron chi connectivity index (χ1n) is 6.17. The van der Waals surface area contributed by atoms with Crippen LogP contribution in [0.25, 0.3) is 0 Å². The fourth-order valence-corrected chi connectivity index (χ4v) is 4.00. The summed E-state index contributed by atoms with van der Waals surface area (Å²) in [5.74, 6) is -0.0287. The number of hydrogen-bond donors (Lipinski definition) is 1. The molecule has 0 aromatic carbocycles. The summed E-state index contributed by atoms with van der Waals surface area (Å²) >= 11 is 0. The average molecular weight is 277 g/mol. The van der Waals surface area contributed by atoms with E-state index in [1.165, 1.54) is 9.21 Å². The van der Waals surface area contributed by atoms with Crippen LogP contribution in [0.5, 0.6) is 0 Å². The van der Waals surface area contributed by atoms with Gasteiger partial charge in [-0.1, -0.05) is 13.8 Å². The molecule has 1 aliphatic rings. The molecule has 0 aliphatic carbocycles. The number of piperazine rings is 1. The molecule has 0 aromatic rings. The van der Waals surface area contributed by atoms with Crippen LogP contribution in [0.15, 0.2) is 0 Å². The van der Waals surface area contributed by atoms with E-state index >= 15 is 0 Å². The molecule has 1 unspecified atom stereocenters.